The Hall–Kier alpha value is -3.40. The Bertz CT molecular complexity index is 886. The third-order valence-corrected chi connectivity index (χ3v) is 3.92. The lowest BCUT2D eigenvalue weighted by Gasteiger charge is -2.12. The molecule has 0 saturated carbocycles. The summed E-state index contributed by atoms with van der Waals surface area (Å²) < 4.78 is 0. The van der Waals surface area contributed by atoms with Gasteiger partial charge < -0.3 is 0 Å². The number of nitrogens with zero attached hydrogens (tertiary/aromatic N) is 4. The lowest BCUT2D eigenvalue weighted by atomic mass is 10.1. The number of anilines is 1. The molecule has 0 amide bonds. The number of rotatable bonds is 2. The molecule has 22 heavy (non-hydrogen) atoms. The van der Waals surface area contributed by atoms with Crippen LogP contribution in [0.3, 0.4) is 0 Å². The predicted molar refractivity (Wildman–Crippen MR) is 78.1 cm³/mol. The summed E-state index contributed by atoms with van der Waals surface area (Å²) in [5.41, 5.74) is 2.59. The predicted octanol–water partition coefficient (Wildman–Crippen LogP) is 2.54. The normalized spacial score (nSPS) is 17.8. The van der Waals surface area contributed by atoms with Crippen LogP contribution in [0.4, 0.5) is 11.4 Å². The standard InChI is InChI=1S/C15H9N5O2/c16-8-9-7-10(20(21)22)5-6-13(9)18-15-12-4-2-1-3-11(12)14(17)19(15)18/h1-7,15,17H. The van der Waals surface area contributed by atoms with Crippen LogP contribution in [-0.4, -0.2) is 15.8 Å². The fraction of sp³-hybridized carbons (Fsp3) is 0.0667. The highest BCUT2D eigenvalue weighted by molar-refractivity contribution is 6.05. The van der Waals surface area contributed by atoms with Gasteiger partial charge in [0.2, 0.25) is 0 Å². The fourth-order valence-corrected chi connectivity index (χ4v) is 2.90. The molecule has 7 nitrogen and oxygen atoms in total. The number of fused-ring (bicyclic) bond motifs is 3. The zero-order chi connectivity index (χ0) is 15.4. The van der Waals surface area contributed by atoms with Crippen LogP contribution >= 0.6 is 0 Å². The Morgan fingerprint density at radius 3 is 2.73 bits per heavy atom. The van der Waals surface area contributed by atoms with Gasteiger partial charge >= 0.3 is 0 Å². The molecular formula is C15H9N5O2. The van der Waals surface area contributed by atoms with Crippen molar-refractivity contribution in [3.05, 3.63) is 69.3 Å². The number of nitriles is 1. The maximum absolute atomic E-state index is 10.8. The van der Waals surface area contributed by atoms with Gasteiger partial charge in [-0.1, -0.05) is 24.3 Å². The summed E-state index contributed by atoms with van der Waals surface area (Å²) >= 11 is 0. The van der Waals surface area contributed by atoms with E-state index in [0.717, 1.165) is 11.1 Å². The second kappa shape index (κ2) is 4.05. The van der Waals surface area contributed by atoms with Crippen LogP contribution in [0, 0.1) is 26.9 Å². The van der Waals surface area contributed by atoms with E-state index in [9.17, 15) is 15.4 Å². The zero-order valence-electron chi connectivity index (χ0n) is 11.2. The number of hydrazine groups is 1. The summed E-state index contributed by atoms with van der Waals surface area (Å²) in [6, 6.07) is 13.8. The number of nitro benzene ring substituents is 1. The molecule has 0 radical (unpaired) electrons. The topological polar surface area (TPSA) is 96.8 Å². The Balaban J connectivity index is 1.77. The first-order chi connectivity index (χ1) is 10.6. The summed E-state index contributed by atoms with van der Waals surface area (Å²) in [5.74, 6) is 0.378. The Labute approximate surface area is 125 Å². The summed E-state index contributed by atoms with van der Waals surface area (Å²) in [6.07, 6.45) is -0.0998. The van der Waals surface area contributed by atoms with E-state index in [1.165, 1.54) is 12.1 Å². The Morgan fingerprint density at radius 1 is 1.23 bits per heavy atom. The summed E-state index contributed by atoms with van der Waals surface area (Å²) in [4.78, 5) is 10.3. The molecule has 2 aliphatic rings. The molecule has 0 bridgehead atoms. The first-order valence-corrected chi connectivity index (χ1v) is 6.58. The van der Waals surface area contributed by atoms with Gasteiger partial charge in [-0.25, -0.2) is 5.01 Å². The molecule has 7 heteroatoms. The van der Waals surface area contributed by atoms with Crippen LogP contribution in [-0.2, 0) is 0 Å². The Morgan fingerprint density at radius 2 is 2.00 bits per heavy atom. The molecule has 1 N–H and O–H groups in total. The van der Waals surface area contributed by atoms with Gasteiger partial charge in [-0.2, -0.15) is 5.26 Å². The monoisotopic (exact) mass is 291 g/mol. The highest BCUT2D eigenvalue weighted by atomic mass is 16.6. The van der Waals surface area contributed by atoms with Crippen LogP contribution in [0.2, 0.25) is 0 Å². The molecule has 2 aliphatic heterocycles. The van der Waals surface area contributed by atoms with Crippen molar-refractivity contribution in [2.24, 2.45) is 0 Å². The van der Waals surface area contributed by atoms with Crippen LogP contribution < -0.4 is 5.01 Å². The molecular weight excluding hydrogens is 282 g/mol. The molecule has 0 spiro atoms. The lowest BCUT2D eigenvalue weighted by Crippen LogP contribution is -2.16. The van der Waals surface area contributed by atoms with E-state index in [1.807, 2.05) is 35.3 Å². The lowest BCUT2D eigenvalue weighted by molar-refractivity contribution is -0.384. The van der Waals surface area contributed by atoms with E-state index in [-0.39, 0.29) is 17.4 Å². The summed E-state index contributed by atoms with van der Waals surface area (Å²) in [5, 5.41) is 31.8. The highest BCUT2D eigenvalue weighted by Crippen LogP contribution is 2.53. The van der Waals surface area contributed by atoms with Crippen molar-refractivity contribution in [1.29, 1.82) is 10.7 Å². The second-order valence-corrected chi connectivity index (χ2v) is 5.07. The molecule has 2 aromatic carbocycles. The molecule has 2 heterocycles. The SMILES string of the molecule is N#Cc1cc([N+](=O)[O-])ccc1N1C2c3ccccc3C(=N)N21. The average molecular weight is 291 g/mol. The average Bonchev–Trinajstić information content (AvgIpc) is 3.21. The number of benzene rings is 2. The maximum atomic E-state index is 10.8. The number of nitro groups is 1. The molecule has 0 aromatic heterocycles. The van der Waals surface area contributed by atoms with Gasteiger partial charge in [-0.15, -0.1) is 0 Å². The molecule has 1 saturated heterocycles. The minimum atomic E-state index is -0.523. The van der Waals surface area contributed by atoms with Gasteiger partial charge in [0.1, 0.15) is 11.9 Å². The van der Waals surface area contributed by atoms with Crippen molar-refractivity contribution in [3.8, 4) is 6.07 Å². The first-order valence-electron chi connectivity index (χ1n) is 6.58. The minimum Gasteiger partial charge on any atom is -0.283 e. The van der Waals surface area contributed by atoms with Crippen molar-refractivity contribution in [3.63, 3.8) is 0 Å². The molecule has 1 fully saturated rings. The van der Waals surface area contributed by atoms with Gasteiger partial charge in [-0.3, -0.25) is 20.5 Å². The molecule has 106 valence electrons. The largest absolute Gasteiger partial charge is 0.283 e. The molecule has 1 unspecified atom stereocenters. The quantitative estimate of drug-likeness (QED) is 0.521. The van der Waals surface area contributed by atoms with Crippen molar-refractivity contribution >= 4 is 17.2 Å². The van der Waals surface area contributed by atoms with Crippen molar-refractivity contribution < 1.29 is 4.92 Å². The second-order valence-electron chi connectivity index (χ2n) is 5.07. The summed E-state index contributed by atoms with van der Waals surface area (Å²) in [6.45, 7) is 0. The van der Waals surface area contributed by atoms with E-state index in [2.05, 4.69) is 0 Å². The van der Waals surface area contributed by atoms with Crippen molar-refractivity contribution in [2.45, 2.75) is 6.17 Å². The van der Waals surface area contributed by atoms with Crippen LogP contribution in [0.5, 0.6) is 0 Å². The third kappa shape index (κ3) is 1.46. The molecule has 4 rings (SSSR count). The number of nitrogens with one attached hydrogen (secondary N) is 1. The van der Waals surface area contributed by atoms with Crippen molar-refractivity contribution in [2.75, 3.05) is 5.01 Å². The number of hydrogen-bond donors (Lipinski definition) is 1. The van der Waals surface area contributed by atoms with Crippen LogP contribution in [0.25, 0.3) is 0 Å². The number of hydrogen-bond acceptors (Lipinski definition) is 5. The van der Waals surface area contributed by atoms with Crippen LogP contribution in [0.15, 0.2) is 42.5 Å². The first kappa shape index (κ1) is 12.3. The van der Waals surface area contributed by atoms with E-state index >= 15 is 0 Å². The van der Waals surface area contributed by atoms with Gasteiger partial charge in [-0.05, 0) is 6.07 Å². The number of non-ortho nitro benzene ring substituents is 1. The van der Waals surface area contributed by atoms with Gasteiger partial charge in [0, 0.05) is 23.3 Å². The summed E-state index contributed by atoms with van der Waals surface area (Å²) in [7, 11) is 0. The Kier molecular flexibility index (Phi) is 2.27. The fourth-order valence-electron chi connectivity index (χ4n) is 2.90. The minimum absolute atomic E-state index is 0.0998. The van der Waals surface area contributed by atoms with Gasteiger partial charge in [0.25, 0.3) is 5.69 Å². The van der Waals surface area contributed by atoms with E-state index in [0.29, 0.717) is 11.5 Å². The molecule has 0 aliphatic carbocycles. The zero-order valence-corrected chi connectivity index (χ0v) is 11.2. The maximum Gasteiger partial charge on any atom is 0.270 e. The van der Waals surface area contributed by atoms with Crippen molar-refractivity contribution in [1.82, 2.24) is 5.01 Å². The van der Waals surface area contributed by atoms with Crippen LogP contribution in [0.1, 0.15) is 22.9 Å². The van der Waals surface area contributed by atoms with Gasteiger partial charge in [0.15, 0.2) is 6.17 Å². The van der Waals surface area contributed by atoms with E-state index in [1.54, 1.807) is 11.1 Å². The molecule has 1 atom stereocenters. The highest BCUT2D eigenvalue weighted by Gasteiger charge is 2.55. The smallest absolute Gasteiger partial charge is 0.270 e. The molecule has 2 aromatic rings. The third-order valence-electron chi connectivity index (χ3n) is 3.92. The van der Waals surface area contributed by atoms with Gasteiger partial charge in [0.05, 0.1) is 16.2 Å². The van der Waals surface area contributed by atoms with E-state index in [4.69, 9.17) is 5.41 Å². The van der Waals surface area contributed by atoms with E-state index < -0.39 is 4.92 Å². The number of amidine groups is 1.